The normalized spacial score (nSPS) is 15.9. The first kappa shape index (κ1) is 19.1. The van der Waals surface area contributed by atoms with Crippen molar-refractivity contribution >= 4 is 18.3 Å². The minimum Gasteiger partial charge on any atom is -0.348 e. The molecule has 27 heavy (non-hydrogen) atoms. The number of hydrogen-bond acceptors (Lipinski definition) is 4. The molecule has 7 heteroatoms. The van der Waals surface area contributed by atoms with E-state index in [1.165, 1.54) is 0 Å². The van der Waals surface area contributed by atoms with Crippen LogP contribution in [0.1, 0.15) is 23.5 Å². The Morgan fingerprint density at radius 3 is 2.48 bits per heavy atom. The van der Waals surface area contributed by atoms with Gasteiger partial charge in [0, 0.05) is 18.2 Å². The molecule has 1 aromatic heterocycles. The molecule has 3 aromatic rings. The third-order valence-electron chi connectivity index (χ3n) is 4.51. The van der Waals surface area contributed by atoms with Crippen molar-refractivity contribution in [2.75, 3.05) is 13.1 Å². The Kier molecular flexibility index (Phi) is 6.21. The Morgan fingerprint density at radius 2 is 1.81 bits per heavy atom. The van der Waals surface area contributed by atoms with Crippen LogP contribution in [-0.2, 0) is 0 Å². The fourth-order valence-corrected chi connectivity index (χ4v) is 3.16. The number of para-hydroxylation sites is 1. The minimum absolute atomic E-state index is 0. The van der Waals surface area contributed by atoms with E-state index in [9.17, 15) is 4.79 Å². The molecule has 1 aliphatic heterocycles. The van der Waals surface area contributed by atoms with Crippen molar-refractivity contribution in [3.05, 3.63) is 66.5 Å². The SMILES string of the molecule is Cl.O=C(NCC1CCCN1)c1nc(-c2ccccc2)n(-c2ccccc2)n1. The second-order valence-electron chi connectivity index (χ2n) is 6.38. The lowest BCUT2D eigenvalue weighted by atomic mass is 10.2. The largest absolute Gasteiger partial charge is 0.348 e. The molecule has 0 bridgehead atoms. The summed E-state index contributed by atoms with van der Waals surface area (Å²) in [5.74, 6) is 0.595. The van der Waals surface area contributed by atoms with Crippen LogP contribution in [0.15, 0.2) is 60.7 Å². The second-order valence-corrected chi connectivity index (χ2v) is 6.38. The van der Waals surface area contributed by atoms with E-state index >= 15 is 0 Å². The summed E-state index contributed by atoms with van der Waals surface area (Å²) in [6.45, 7) is 1.61. The highest BCUT2D eigenvalue weighted by atomic mass is 35.5. The Hall–Kier alpha value is -2.70. The predicted molar refractivity (Wildman–Crippen MR) is 107 cm³/mol. The monoisotopic (exact) mass is 383 g/mol. The third-order valence-corrected chi connectivity index (χ3v) is 4.51. The average molecular weight is 384 g/mol. The summed E-state index contributed by atoms with van der Waals surface area (Å²) in [6, 6.07) is 19.9. The van der Waals surface area contributed by atoms with E-state index in [0.717, 1.165) is 30.6 Å². The van der Waals surface area contributed by atoms with Crippen LogP contribution in [0.2, 0.25) is 0 Å². The van der Waals surface area contributed by atoms with Crippen molar-refractivity contribution in [1.82, 2.24) is 25.4 Å². The number of hydrogen-bond donors (Lipinski definition) is 2. The van der Waals surface area contributed by atoms with Crippen molar-refractivity contribution in [3.63, 3.8) is 0 Å². The van der Waals surface area contributed by atoms with Gasteiger partial charge in [0.25, 0.3) is 5.91 Å². The molecule has 1 amide bonds. The zero-order valence-electron chi connectivity index (χ0n) is 14.8. The van der Waals surface area contributed by atoms with Gasteiger partial charge >= 0.3 is 0 Å². The third kappa shape index (κ3) is 4.35. The number of halogens is 1. The van der Waals surface area contributed by atoms with E-state index in [4.69, 9.17) is 0 Å². The fraction of sp³-hybridized carbons (Fsp3) is 0.250. The van der Waals surface area contributed by atoms with E-state index in [2.05, 4.69) is 20.7 Å². The molecule has 0 aliphatic carbocycles. The fourth-order valence-electron chi connectivity index (χ4n) is 3.16. The molecular formula is C20H22ClN5O. The van der Waals surface area contributed by atoms with Crippen molar-refractivity contribution in [1.29, 1.82) is 0 Å². The number of aromatic nitrogens is 3. The first-order chi connectivity index (χ1) is 12.8. The molecule has 1 unspecified atom stereocenters. The van der Waals surface area contributed by atoms with Crippen molar-refractivity contribution in [3.8, 4) is 17.1 Å². The molecule has 6 nitrogen and oxygen atoms in total. The van der Waals surface area contributed by atoms with E-state index in [-0.39, 0.29) is 24.1 Å². The van der Waals surface area contributed by atoms with Gasteiger partial charge in [-0.25, -0.2) is 9.67 Å². The summed E-state index contributed by atoms with van der Waals surface area (Å²) >= 11 is 0. The molecule has 2 N–H and O–H groups in total. The maximum Gasteiger partial charge on any atom is 0.291 e. The average Bonchev–Trinajstić information content (AvgIpc) is 3.37. The smallest absolute Gasteiger partial charge is 0.291 e. The first-order valence-corrected chi connectivity index (χ1v) is 8.91. The number of benzene rings is 2. The molecular weight excluding hydrogens is 362 g/mol. The summed E-state index contributed by atoms with van der Waals surface area (Å²) < 4.78 is 1.72. The molecule has 1 atom stereocenters. The van der Waals surface area contributed by atoms with Gasteiger partial charge in [-0.1, -0.05) is 48.5 Å². The topological polar surface area (TPSA) is 71.8 Å². The Balaban J connectivity index is 0.00000210. The van der Waals surface area contributed by atoms with Gasteiger partial charge < -0.3 is 10.6 Å². The van der Waals surface area contributed by atoms with Crippen molar-refractivity contribution in [2.24, 2.45) is 0 Å². The van der Waals surface area contributed by atoms with Gasteiger partial charge in [-0.05, 0) is 31.5 Å². The van der Waals surface area contributed by atoms with Gasteiger partial charge in [0.2, 0.25) is 5.82 Å². The molecule has 0 spiro atoms. The number of amides is 1. The maximum atomic E-state index is 12.6. The number of nitrogens with zero attached hydrogens (tertiary/aromatic N) is 3. The van der Waals surface area contributed by atoms with Crippen LogP contribution in [-0.4, -0.2) is 39.8 Å². The van der Waals surface area contributed by atoms with Gasteiger partial charge in [0.1, 0.15) is 0 Å². The molecule has 0 radical (unpaired) electrons. The van der Waals surface area contributed by atoms with E-state index in [1.807, 2.05) is 60.7 Å². The zero-order chi connectivity index (χ0) is 17.8. The van der Waals surface area contributed by atoms with Crippen LogP contribution in [0.25, 0.3) is 17.1 Å². The molecule has 1 fully saturated rings. The highest BCUT2D eigenvalue weighted by molar-refractivity contribution is 5.91. The summed E-state index contributed by atoms with van der Waals surface area (Å²) in [7, 11) is 0. The summed E-state index contributed by atoms with van der Waals surface area (Å²) in [5.41, 5.74) is 1.79. The summed E-state index contributed by atoms with van der Waals surface area (Å²) in [4.78, 5) is 17.1. The Labute approximate surface area is 164 Å². The molecule has 4 rings (SSSR count). The molecule has 140 valence electrons. The van der Waals surface area contributed by atoms with Crippen molar-refractivity contribution in [2.45, 2.75) is 18.9 Å². The molecule has 2 aromatic carbocycles. The molecule has 0 saturated carbocycles. The first-order valence-electron chi connectivity index (χ1n) is 8.91. The van der Waals surface area contributed by atoms with Crippen LogP contribution >= 0.6 is 12.4 Å². The van der Waals surface area contributed by atoms with Gasteiger partial charge in [0.15, 0.2) is 5.82 Å². The molecule has 2 heterocycles. The lowest BCUT2D eigenvalue weighted by molar-refractivity contribution is 0.0940. The standard InChI is InChI=1S/C20H21N5O.ClH/c26-20(22-14-16-10-7-13-21-16)18-23-19(15-8-3-1-4-9-15)25(24-18)17-11-5-2-6-12-17;/h1-6,8-9,11-12,16,21H,7,10,13-14H2,(H,22,26);1H. The van der Waals surface area contributed by atoms with Crippen LogP contribution in [0.4, 0.5) is 0 Å². The highest BCUT2D eigenvalue weighted by Gasteiger charge is 2.20. The predicted octanol–water partition coefficient (Wildman–Crippen LogP) is 2.84. The lowest BCUT2D eigenvalue weighted by Crippen LogP contribution is -2.37. The Bertz CT molecular complexity index is 819. The van der Waals surface area contributed by atoms with E-state index in [0.29, 0.717) is 18.4 Å². The zero-order valence-corrected chi connectivity index (χ0v) is 15.7. The van der Waals surface area contributed by atoms with Gasteiger partial charge in [0.05, 0.1) is 5.69 Å². The van der Waals surface area contributed by atoms with Crippen LogP contribution in [0.3, 0.4) is 0 Å². The number of nitrogens with one attached hydrogen (secondary N) is 2. The van der Waals surface area contributed by atoms with Crippen molar-refractivity contribution < 1.29 is 4.79 Å². The highest BCUT2D eigenvalue weighted by Crippen LogP contribution is 2.21. The number of carbonyl (C=O) groups is 1. The van der Waals surface area contributed by atoms with Crippen LogP contribution < -0.4 is 10.6 Å². The number of carbonyl (C=O) groups excluding carboxylic acids is 1. The molecule has 1 aliphatic rings. The van der Waals surface area contributed by atoms with Gasteiger partial charge in [-0.3, -0.25) is 4.79 Å². The minimum atomic E-state index is -0.245. The van der Waals surface area contributed by atoms with Crippen LogP contribution in [0.5, 0.6) is 0 Å². The summed E-state index contributed by atoms with van der Waals surface area (Å²) in [5, 5.41) is 10.8. The number of rotatable bonds is 5. The second kappa shape index (κ2) is 8.79. The lowest BCUT2D eigenvalue weighted by Gasteiger charge is -2.09. The summed E-state index contributed by atoms with van der Waals surface area (Å²) in [6.07, 6.45) is 2.24. The Morgan fingerprint density at radius 1 is 1.11 bits per heavy atom. The maximum absolute atomic E-state index is 12.6. The van der Waals surface area contributed by atoms with E-state index in [1.54, 1.807) is 4.68 Å². The quantitative estimate of drug-likeness (QED) is 0.710. The van der Waals surface area contributed by atoms with Crippen LogP contribution in [0, 0.1) is 0 Å². The van der Waals surface area contributed by atoms with Gasteiger partial charge in [-0.2, -0.15) is 0 Å². The molecule has 1 saturated heterocycles. The van der Waals surface area contributed by atoms with Gasteiger partial charge in [-0.15, -0.1) is 17.5 Å². The van der Waals surface area contributed by atoms with E-state index < -0.39 is 0 Å².